The van der Waals surface area contributed by atoms with Crippen LogP contribution in [0, 0.1) is 11.3 Å². The lowest BCUT2D eigenvalue weighted by Gasteiger charge is -2.39. The number of carbonyl (C=O) groups excluding carboxylic acids is 1. The molecule has 5 rings (SSSR count). The zero-order chi connectivity index (χ0) is 19.3. The van der Waals surface area contributed by atoms with Crippen LogP contribution in [0.2, 0.25) is 0 Å². The normalized spacial score (nSPS) is 23.7. The molecular formula is C19H19N7OS. The van der Waals surface area contributed by atoms with Crippen molar-refractivity contribution in [2.45, 2.75) is 43.8 Å². The molecule has 8 nitrogen and oxygen atoms in total. The number of anilines is 2. The molecule has 1 unspecified atom stereocenters. The molecule has 0 aromatic carbocycles. The number of piperidine rings is 1. The van der Waals surface area contributed by atoms with Crippen molar-refractivity contribution in [2.75, 3.05) is 10.2 Å². The van der Waals surface area contributed by atoms with Crippen LogP contribution in [0.3, 0.4) is 0 Å². The Hall–Kier alpha value is -3.12. The minimum absolute atomic E-state index is 0.239. The van der Waals surface area contributed by atoms with Crippen LogP contribution in [0.15, 0.2) is 24.7 Å². The molecule has 1 amide bonds. The van der Waals surface area contributed by atoms with E-state index in [2.05, 4.69) is 31.2 Å². The first-order valence-electron chi connectivity index (χ1n) is 9.30. The molecule has 142 valence electrons. The fraction of sp³-hybridized carbons (Fsp3) is 0.368. The van der Waals surface area contributed by atoms with Crippen molar-refractivity contribution >= 4 is 39.1 Å². The standard InChI is InChI=1S/C19H19N7OS/c20-7-13-8-24-19(28-13)26-11-1-2-12(26)6-10(5-11)25-16-14-3-4-22-18(14)23-9-15(16)17(21)27/h3-4,8-12H,1-2,5-6H2,(H2,21,27)(H2,22,23,25)/t10?,11-,12+. The Morgan fingerprint density at radius 2 is 2.11 bits per heavy atom. The van der Waals surface area contributed by atoms with Crippen molar-refractivity contribution in [3.8, 4) is 6.07 Å². The smallest absolute Gasteiger partial charge is 0.252 e. The summed E-state index contributed by atoms with van der Waals surface area (Å²) in [6.07, 6.45) is 9.13. The summed E-state index contributed by atoms with van der Waals surface area (Å²) in [5.41, 5.74) is 7.50. The number of H-pyrrole nitrogens is 1. The van der Waals surface area contributed by atoms with Crippen LogP contribution >= 0.6 is 11.3 Å². The number of carbonyl (C=O) groups is 1. The maximum absolute atomic E-state index is 11.9. The van der Waals surface area contributed by atoms with E-state index in [9.17, 15) is 4.79 Å². The van der Waals surface area contributed by atoms with E-state index in [0.717, 1.165) is 47.5 Å². The summed E-state index contributed by atoms with van der Waals surface area (Å²) in [5, 5.41) is 14.5. The number of rotatable bonds is 4. The number of pyridine rings is 1. The molecule has 3 aromatic rings. The zero-order valence-electron chi connectivity index (χ0n) is 15.1. The molecular weight excluding hydrogens is 374 g/mol. The second kappa shape index (κ2) is 6.49. The van der Waals surface area contributed by atoms with E-state index in [1.54, 1.807) is 6.20 Å². The monoisotopic (exact) mass is 393 g/mol. The summed E-state index contributed by atoms with van der Waals surface area (Å²) >= 11 is 1.46. The number of hydrogen-bond donors (Lipinski definition) is 3. The molecule has 2 aliphatic rings. The molecule has 0 aliphatic carbocycles. The van der Waals surface area contributed by atoms with Crippen molar-refractivity contribution in [2.24, 2.45) is 5.73 Å². The van der Waals surface area contributed by atoms with Gasteiger partial charge in [-0.15, -0.1) is 0 Å². The van der Waals surface area contributed by atoms with Gasteiger partial charge < -0.3 is 20.9 Å². The number of aromatic nitrogens is 3. The Labute approximate surface area is 165 Å². The first-order chi connectivity index (χ1) is 13.6. The zero-order valence-corrected chi connectivity index (χ0v) is 15.9. The average Bonchev–Trinajstić information content (AvgIpc) is 3.39. The second-order valence-electron chi connectivity index (χ2n) is 7.37. The Bertz CT molecular complexity index is 1080. The van der Waals surface area contributed by atoms with Crippen LogP contribution in [-0.2, 0) is 0 Å². The van der Waals surface area contributed by atoms with Gasteiger partial charge in [0.2, 0.25) is 0 Å². The molecule has 28 heavy (non-hydrogen) atoms. The van der Waals surface area contributed by atoms with Gasteiger partial charge in [-0.05, 0) is 31.7 Å². The minimum atomic E-state index is -0.481. The number of aromatic amines is 1. The van der Waals surface area contributed by atoms with Crippen molar-refractivity contribution in [1.29, 1.82) is 5.26 Å². The number of thiazole rings is 1. The van der Waals surface area contributed by atoms with E-state index >= 15 is 0 Å². The molecule has 4 N–H and O–H groups in total. The number of nitriles is 1. The van der Waals surface area contributed by atoms with Gasteiger partial charge in [-0.1, -0.05) is 11.3 Å². The third kappa shape index (κ3) is 2.68. The van der Waals surface area contributed by atoms with E-state index < -0.39 is 5.91 Å². The molecule has 2 aliphatic heterocycles. The van der Waals surface area contributed by atoms with Crippen molar-refractivity contribution in [1.82, 2.24) is 15.0 Å². The Morgan fingerprint density at radius 3 is 2.79 bits per heavy atom. The predicted octanol–water partition coefficient (Wildman–Crippen LogP) is 2.60. The van der Waals surface area contributed by atoms with Crippen LogP contribution in [0.25, 0.3) is 11.0 Å². The summed E-state index contributed by atoms with van der Waals surface area (Å²) in [6.45, 7) is 0. The van der Waals surface area contributed by atoms with Gasteiger partial charge in [0.15, 0.2) is 5.13 Å². The lowest BCUT2D eigenvalue weighted by atomic mass is 9.97. The maximum Gasteiger partial charge on any atom is 0.252 e. The largest absolute Gasteiger partial charge is 0.381 e. The predicted molar refractivity (Wildman–Crippen MR) is 107 cm³/mol. The highest BCUT2D eigenvalue weighted by molar-refractivity contribution is 7.16. The third-order valence-electron chi connectivity index (χ3n) is 5.76. The van der Waals surface area contributed by atoms with E-state index in [0.29, 0.717) is 22.5 Å². The highest BCUT2D eigenvalue weighted by atomic mass is 32.1. The van der Waals surface area contributed by atoms with E-state index in [1.165, 1.54) is 17.5 Å². The fourth-order valence-electron chi connectivity index (χ4n) is 4.60. The van der Waals surface area contributed by atoms with Gasteiger partial charge in [0.1, 0.15) is 16.6 Å². The summed E-state index contributed by atoms with van der Waals surface area (Å²) in [6, 6.07) is 5.10. The number of nitrogens with two attached hydrogens (primary N) is 1. The van der Waals surface area contributed by atoms with Crippen molar-refractivity contribution in [3.63, 3.8) is 0 Å². The first-order valence-corrected chi connectivity index (χ1v) is 10.1. The van der Waals surface area contributed by atoms with E-state index in [1.807, 2.05) is 12.3 Å². The quantitative estimate of drug-likeness (QED) is 0.626. The molecule has 3 aromatic heterocycles. The van der Waals surface area contributed by atoms with Gasteiger partial charge in [-0.3, -0.25) is 4.79 Å². The Balaban J connectivity index is 1.41. The number of fused-ring (bicyclic) bond motifs is 3. The van der Waals surface area contributed by atoms with Crippen LogP contribution in [0.4, 0.5) is 10.8 Å². The van der Waals surface area contributed by atoms with Gasteiger partial charge >= 0.3 is 0 Å². The van der Waals surface area contributed by atoms with E-state index in [-0.39, 0.29) is 6.04 Å². The number of nitrogens with zero attached hydrogens (tertiary/aromatic N) is 4. The number of hydrogen-bond acceptors (Lipinski definition) is 7. The van der Waals surface area contributed by atoms with Crippen LogP contribution in [0.5, 0.6) is 0 Å². The highest BCUT2D eigenvalue weighted by Crippen LogP contribution is 2.42. The highest BCUT2D eigenvalue weighted by Gasteiger charge is 2.42. The number of amides is 1. The number of nitrogens with one attached hydrogen (secondary N) is 2. The van der Waals surface area contributed by atoms with Crippen molar-refractivity contribution in [3.05, 3.63) is 35.1 Å². The van der Waals surface area contributed by atoms with Gasteiger partial charge in [-0.2, -0.15) is 5.26 Å². The van der Waals surface area contributed by atoms with Crippen LogP contribution in [0.1, 0.15) is 40.9 Å². The first kappa shape index (κ1) is 17.0. The molecule has 9 heteroatoms. The van der Waals surface area contributed by atoms with Gasteiger partial charge in [-0.25, -0.2) is 9.97 Å². The van der Waals surface area contributed by atoms with Gasteiger partial charge in [0.05, 0.1) is 17.4 Å². The lowest BCUT2D eigenvalue weighted by molar-refractivity contribution is 0.100. The molecule has 0 spiro atoms. The van der Waals surface area contributed by atoms with Gasteiger partial charge in [0.25, 0.3) is 5.91 Å². The number of primary amides is 1. The van der Waals surface area contributed by atoms with Crippen LogP contribution < -0.4 is 16.0 Å². The average molecular weight is 393 g/mol. The minimum Gasteiger partial charge on any atom is -0.381 e. The summed E-state index contributed by atoms with van der Waals surface area (Å²) in [7, 11) is 0. The maximum atomic E-state index is 11.9. The molecule has 2 bridgehead atoms. The Morgan fingerprint density at radius 1 is 1.32 bits per heavy atom. The summed E-state index contributed by atoms with van der Waals surface area (Å²) in [4.78, 5) is 26.8. The van der Waals surface area contributed by atoms with Crippen molar-refractivity contribution < 1.29 is 4.79 Å². The van der Waals surface area contributed by atoms with E-state index in [4.69, 9.17) is 11.0 Å². The lowest BCUT2D eigenvalue weighted by Crippen LogP contribution is -2.47. The Kier molecular flexibility index (Phi) is 3.94. The SMILES string of the molecule is N#Cc1cnc(N2[C@@H]3CC[C@H]2CC(Nc2c(C(N)=O)cnc4[nH]ccc24)C3)s1. The van der Waals surface area contributed by atoms with Gasteiger partial charge in [0, 0.05) is 35.9 Å². The molecule has 3 atom stereocenters. The summed E-state index contributed by atoms with van der Waals surface area (Å²) in [5.74, 6) is -0.481. The fourth-order valence-corrected chi connectivity index (χ4v) is 5.45. The summed E-state index contributed by atoms with van der Waals surface area (Å²) < 4.78 is 0. The molecule has 5 heterocycles. The molecule has 0 saturated carbocycles. The molecule has 0 radical (unpaired) electrons. The van der Waals surface area contributed by atoms with Crippen LogP contribution in [-0.4, -0.2) is 39.0 Å². The second-order valence-corrected chi connectivity index (χ2v) is 8.38. The molecule has 2 saturated heterocycles. The molecule has 2 fully saturated rings. The topological polar surface area (TPSA) is 124 Å². The third-order valence-corrected chi connectivity index (χ3v) is 6.67.